The van der Waals surface area contributed by atoms with Gasteiger partial charge in [0.25, 0.3) is 10.0 Å². The van der Waals surface area contributed by atoms with Gasteiger partial charge in [0.2, 0.25) is 5.91 Å². The maximum absolute atomic E-state index is 12.9. The number of rotatable bonds is 4. The topological polar surface area (TPSA) is 89.3 Å². The standard InChI is InChI=1S/C14H9Cl2F3N2O3S/c15-11-4-2-8(6-10(11)14(17,18)19)25(23,24)21-7-1-3-9(13(20)22)12(16)5-7/h1-6,21H,(H2,20,22). The molecular weight excluding hydrogens is 404 g/mol. The molecule has 5 nitrogen and oxygen atoms in total. The van der Waals surface area contributed by atoms with Crippen LogP contribution in [0.15, 0.2) is 41.3 Å². The fourth-order valence-electron chi connectivity index (χ4n) is 1.88. The molecule has 0 fully saturated rings. The zero-order valence-electron chi connectivity index (χ0n) is 12.1. The number of amides is 1. The molecule has 0 unspecified atom stereocenters. The van der Waals surface area contributed by atoms with Gasteiger partial charge in [0.15, 0.2) is 0 Å². The van der Waals surface area contributed by atoms with Crippen molar-refractivity contribution in [3.05, 3.63) is 57.6 Å². The maximum Gasteiger partial charge on any atom is 0.417 e. The van der Waals surface area contributed by atoms with Crippen molar-refractivity contribution >= 4 is 44.8 Å². The monoisotopic (exact) mass is 412 g/mol. The second kappa shape index (κ2) is 6.74. The van der Waals surface area contributed by atoms with Crippen LogP contribution in [0.2, 0.25) is 10.0 Å². The highest BCUT2D eigenvalue weighted by molar-refractivity contribution is 7.92. The zero-order valence-corrected chi connectivity index (χ0v) is 14.4. The fraction of sp³-hybridized carbons (Fsp3) is 0.0714. The number of alkyl halides is 3. The molecule has 0 bridgehead atoms. The van der Waals surface area contributed by atoms with E-state index in [-0.39, 0.29) is 16.3 Å². The first-order chi connectivity index (χ1) is 11.4. The van der Waals surface area contributed by atoms with E-state index in [9.17, 15) is 26.4 Å². The van der Waals surface area contributed by atoms with Crippen LogP contribution in [0.1, 0.15) is 15.9 Å². The Morgan fingerprint density at radius 3 is 2.20 bits per heavy atom. The number of halogens is 5. The smallest absolute Gasteiger partial charge is 0.366 e. The Bertz CT molecular complexity index is 947. The minimum atomic E-state index is -4.81. The third kappa shape index (κ3) is 4.36. The van der Waals surface area contributed by atoms with Gasteiger partial charge in [0, 0.05) is 0 Å². The average Bonchev–Trinajstić information content (AvgIpc) is 2.45. The predicted octanol–water partition coefficient (Wildman–Crippen LogP) is 3.91. The largest absolute Gasteiger partial charge is 0.417 e. The van der Waals surface area contributed by atoms with Crippen LogP contribution in [0, 0.1) is 0 Å². The minimum absolute atomic E-state index is 0.0320. The van der Waals surface area contributed by atoms with Crippen LogP contribution in [-0.4, -0.2) is 14.3 Å². The summed E-state index contributed by atoms with van der Waals surface area (Å²) in [7, 11) is -4.35. The molecule has 134 valence electrons. The molecule has 25 heavy (non-hydrogen) atoms. The van der Waals surface area contributed by atoms with Crippen molar-refractivity contribution in [1.82, 2.24) is 0 Å². The van der Waals surface area contributed by atoms with Crippen LogP contribution in [0.25, 0.3) is 0 Å². The summed E-state index contributed by atoms with van der Waals surface area (Å²) in [6.45, 7) is 0. The predicted molar refractivity (Wildman–Crippen MR) is 87.2 cm³/mol. The third-order valence-corrected chi connectivity index (χ3v) is 5.06. The lowest BCUT2D eigenvalue weighted by atomic mass is 10.2. The third-order valence-electron chi connectivity index (χ3n) is 3.04. The van der Waals surface area contributed by atoms with Gasteiger partial charge in [-0.05, 0) is 36.4 Å². The summed E-state index contributed by atoms with van der Waals surface area (Å²) in [5, 5.41) is -0.736. The second-order valence-corrected chi connectivity index (χ2v) is 7.30. The van der Waals surface area contributed by atoms with Crippen molar-refractivity contribution in [3.63, 3.8) is 0 Å². The van der Waals surface area contributed by atoms with Crippen LogP contribution in [-0.2, 0) is 16.2 Å². The minimum Gasteiger partial charge on any atom is -0.366 e. The summed E-state index contributed by atoms with van der Waals surface area (Å²) < 4.78 is 65.2. The molecule has 0 aliphatic heterocycles. The summed E-state index contributed by atoms with van der Waals surface area (Å²) in [5.74, 6) is -0.813. The van der Waals surface area contributed by atoms with Gasteiger partial charge in [-0.3, -0.25) is 9.52 Å². The Hall–Kier alpha value is -1.97. The highest BCUT2D eigenvalue weighted by Gasteiger charge is 2.34. The van der Waals surface area contributed by atoms with Crippen molar-refractivity contribution in [2.45, 2.75) is 11.1 Å². The Labute approximate surface area is 150 Å². The quantitative estimate of drug-likeness (QED) is 0.797. The van der Waals surface area contributed by atoms with E-state index in [0.717, 1.165) is 18.2 Å². The van der Waals surface area contributed by atoms with Gasteiger partial charge in [-0.25, -0.2) is 8.42 Å². The number of nitrogens with one attached hydrogen (secondary N) is 1. The highest BCUT2D eigenvalue weighted by Crippen LogP contribution is 2.36. The summed E-state index contributed by atoms with van der Waals surface area (Å²) in [6, 6.07) is 5.68. The van der Waals surface area contributed by atoms with Crippen molar-refractivity contribution < 1.29 is 26.4 Å². The second-order valence-electron chi connectivity index (χ2n) is 4.80. The molecule has 0 radical (unpaired) electrons. The molecule has 0 heterocycles. The van der Waals surface area contributed by atoms with E-state index in [1.54, 1.807) is 0 Å². The highest BCUT2D eigenvalue weighted by atomic mass is 35.5. The van der Waals surface area contributed by atoms with Crippen LogP contribution < -0.4 is 10.5 Å². The molecule has 2 aromatic carbocycles. The number of carbonyl (C=O) groups excluding carboxylic acids is 1. The Morgan fingerprint density at radius 1 is 1.04 bits per heavy atom. The first-order valence-electron chi connectivity index (χ1n) is 6.41. The van der Waals surface area contributed by atoms with Crippen molar-refractivity contribution in [1.29, 1.82) is 0 Å². The molecule has 2 rings (SSSR count). The molecule has 0 saturated heterocycles. The van der Waals surface area contributed by atoms with E-state index >= 15 is 0 Å². The van der Waals surface area contributed by atoms with E-state index in [2.05, 4.69) is 4.72 Å². The van der Waals surface area contributed by atoms with Crippen molar-refractivity contribution in [2.75, 3.05) is 4.72 Å². The van der Waals surface area contributed by atoms with Crippen molar-refractivity contribution in [3.8, 4) is 0 Å². The van der Waals surface area contributed by atoms with E-state index in [1.807, 2.05) is 0 Å². The number of hydrogen-bond donors (Lipinski definition) is 2. The van der Waals surface area contributed by atoms with Crippen LogP contribution in [0.4, 0.5) is 18.9 Å². The fourth-order valence-corrected chi connectivity index (χ4v) is 3.45. The molecule has 1 amide bonds. The molecule has 0 saturated carbocycles. The normalized spacial score (nSPS) is 12.0. The van der Waals surface area contributed by atoms with Gasteiger partial charge in [-0.1, -0.05) is 23.2 Å². The number of nitrogens with two attached hydrogens (primary N) is 1. The summed E-state index contributed by atoms with van der Waals surface area (Å²) in [5.41, 5.74) is 3.71. The van der Waals surface area contributed by atoms with Gasteiger partial charge < -0.3 is 5.73 Å². The Morgan fingerprint density at radius 2 is 1.68 bits per heavy atom. The zero-order chi connectivity index (χ0) is 19.0. The molecule has 0 spiro atoms. The van der Waals surface area contributed by atoms with Gasteiger partial charge in [-0.15, -0.1) is 0 Å². The number of primary amides is 1. The lowest BCUT2D eigenvalue weighted by molar-refractivity contribution is -0.137. The molecule has 3 N–H and O–H groups in total. The molecule has 0 atom stereocenters. The molecule has 0 aliphatic rings. The lowest BCUT2D eigenvalue weighted by Crippen LogP contribution is -2.16. The first-order valence-corrected chi connectivity index (χ1v) is 8.64. The number of sulfonamides is 1. The average molecular weight is 413 g/mol. The molecule has 0 aliphatic carbocycles. The van der Waals surface area contributed by atoms with E-state index < -0.39 is 37.6 Å². The number of carbonyl (C=O) groups is 1. The molecule has 0 aromatic heterocycles. The van der Waals surface area contributed by atoms with E-state index in [1.165, 1.54) is 12.1 Å². The van der Waals surface area contributed by atoms with Crippen LogP contribution in [0.5, 0.6) is 0 Å². The molecule has 2 aromatic rings. The van der Waals surface area contributed by atoms with Gasteiger partial charge >= 0.3 is 6.18 Å². The van der Waals surface area contributed by atoms with E-state index in [4.69, 9.17) is 28.9 Å². The number of hydrogen-bond acceptors (Lipinski definition) is 3. The first kappa shape index (κ1) is 19.4. The summed E-state index contributed by atoms with van der Waals surface area (Å²) >= 11 is 11.3. The van der Waals surface area contributed by atoms with Crippen LogP contribution >= 0.6 is 23.2 Å². The summed E-state index contributed by atoms with van der Waals surface area (Å²) in [6.07, 6.45) is -4.81. The van der Waals surface area contributed by atoms with Gasteiger partial charge in [-0.2, -0.15) is 13.2 Å². The Kier molecular flexibility index (Phi) is 5.22. The molecular formula is C14H9Cl2F3N2O3S. The SMILES string of the molecule is NC(=O)c1ccc(NS(=O)(=O)c2ccc(Cl)c(C(F)(F)F)c2)cc1Cl. The van der Waals surface area contributed by atoms with Crippen molar-refractivity contribution in [2.24, 2.45) is 5.73 Å². The Balaban J connectivity index is 2.40. The van der Waals surface area contributed by atoms with E-state index in [0.29, 0.717) is 6.07 Å². The molecule has 11 heteroatoms. The number of anilines is 1. The summed E-state index contributed by atoms with van der Waals surface area (Å²) in [4.78, 5) is 10.4. The van der Waals surface area contributed by atoms with Crippen LogP contribution in [0.3, 0.4) is 0 Å². The number of benzene rings is 2. The van der Waals surface area contributed by atoms with Gasteiger partial charge in [0.05, 0.1) is 31.8 Å². The maximum atomic E-state index is 12.9. The lowest BCUT2D eigenvalue weighted by Gasteiger charge is -2.13. The van der Waals surface area contributed by atoms with Gasteiger partial charge in [0.1, 0.15) is 0 Å².